The van der Waals surface area contributed by atoms with Gasteiger partial charge in [0.25, 0.3) is 6.43 Å². The molecule has 0 fully saturated rings. The second-order valence-corrected chi connectivity index (χ2v) is 5.66. The molecule has 0 aromatic heterocycles. The molecule has 0 unspecified atom stereocenters. The Kier molecular flexibility index (Phi) is 4.84. The average molecular weight is 330 g/mol. The number of methoxy groups -OCH3 is 1. The summed E-state index contributed by atoms with van der Waals surface area (Å²) in [5, 5.41) is 0. The zero-order valence-corrected chi connectivity index (χ0v) is 11.2. The number of hydrogen-bond acceptors (Lipinski definition) is 3. The van der Waals surface area contributed by atoms with E-state index in [4.69, 9.17) is 4.74 Å². The molecule has 0 aliphatic rings. The first-order chi connectivity index (χ1) is 7.86. The molecule has 1 rings (SSSR count). The van der Waals surface area contributed by atoms with Gasteiger partial charge in [0.15, 0.2) is 0 Å². The van der Waals surface area contributed by atoms with Gasteiger partial charge in [-0.25, -0.2) is 21.9 Å². The fourth-order valence-electron chi connectivity index (χ4n) is 1.07. The Morgan fingerprint density at radius 3 is 2.59 bits per heavy atom. The Morgan fingerprint density at radius 1 is 1.47 bits per heavy atom. The van der Waals surface area contributed by atoms with Crippen LogP contribution in [0.5, 0.6) is 5.75 Å². The maximum atomic E-state index is 11.9. The minimum absolute atomic E-state index is 0.106. The third-order valence-electron chi connectivity index (χ3n) is 1.86. The predicted octanol–water partition coefficient (Wildman–Crippen LogP) is 2.00. The average Bonchev–Trinajstić information content (AvgIpc) is 2.26. The normalized spacial score (nSPS) is 11.8. The van der Waals surface area contributed by atoms with Crippen molar-refractivity contribution in [2.24, 2.45) is 0 Å². The van der Waals surface area contributed by atoms with E-state index in [1.165, 1.54) is 25.3 Å². The molecule has 1 aromatic rings. The van der Waals surface area contributed by atoms with Crippen molar-refractivity contribution in [1.82, 2.24) is 4.72 Å². The van der Waals surface area contributed by atoms with Crippen LogP contribution in [0.15, 0.2) is 27.6 Å². The van der Waals surface area contributed by atoms with Crippen LogP contribution in [-0.2, 0) is 10.0 Å². The molecular formula is C9H10BrF2NO3S. The molecule has 8 heteroatoms. The molecule has 0 spiro atoms. The molecule has 17 heavy (non-hydrogen) atoms. The highest BCUT2D eigenvalue weighted by atomic mass is 79.9. The molecule has 0 aliphatic carbocycles. The van der Waals surface area contributed by atoms with E-state index < -0.39 is 23.0 Å². The second-order valence-electron chi connectivity index (χ2n) is 3.04. The van der Waals surface area contributed by atoms with Gasteiger partial charge in [-0.1, -0.05) is 0 Å². The number of ether oxygens (including phenoxy) is 1. The Bertz CT molecular complexity index is 493. The Hall–Kier alpha value is -0.730. The first-order valence-electron chi connectivity index (χ1n) is 4.48. The predicted molar refractivity (Wildman–Crippen MR) is 61.9 cm³/mol. The topological polar surface area (TPSA) is 55.4 Å². The van der Waals surface area contributed by atoms with Crippen LogP contribution in [0.1, 0.15) is 0 Å². The van der Waals surface area contributed by atoms with E-state index in [1.807, 2.05) is 0 Å². The van der Waals surface area contributed by atoms with Crippen LogP contribution in [0.4, 0.5) is 8.78 Å². The highest BCUT2D eigenvalue weighted by Crippen LogP contribution is 2.27. The lowest BCUT2D eigenvalue weighted by Crippen LogP contribution is -2.28. The Morgan fingerprint density at radius 2 is 2.12 bits per heavy atom. The first-order valence-corrected chi connectivity index (χ1v) is 6.76. The van der Waals surface area contributed by atoms with Gasteiger partial charge in [0.05, 0.1) is 23.0 Å². The lowest BCUT2D eigenvalue weighted by Gasteiger charge is -2.08. The van der Waals surface area contributed by atoms with Gasteiger partial charge in [0.2, 0.25) is 10.0 Å². The van der Waals surface area contributed by atoms with Crippen LogP contribution in [0.2, 0.25) is 0 Å². The fraction of sp³-hybridized carbons (Fsp3) is 0.333. The Balaban J connectivity index is 2.96. The zero-order valence-electron chi connectivity index (χ0n) is 8.78. The Labute approximate surface area is 106 Å². The standard InChI is InChI=1S/C9H10BrF2NO3S/c1-16-8-3-2-6(4-7(8)10)17(14,15)13-5-9(11)12/h2-4,9,13H,5H2,1H3. The summed E-state index contributed by atoms with van der Waals surface area (Å²) in [5.41, 5.74) is 0. The van der Waals surface area contributed by atoms with Gasteiger partial charge < -0.3 is 4.74 Å². The molecule has 0 heterocycles. The second kappa shape index (κ2) is 5.74. The zero-order chi connectivity index (χ0) is 13.1. The highest BCUT2D eigenvalue weighted by Gasteiger charge is 2.17. The van der Waals surface area contributed by atoms with Crippen LogP contribution in [0.25, 0.3) is 0 Å². The van der Waals surface area contributed by atoms with Crippen molar-refractivity contribution in [3.63, 3.8) is 0 Å². The van der Waals surface area contributed by atoms with Crippen molar-refractivity contribution in [2.45, 2.75) is 11.3 Å². The molecule has 0 atom stereocenters. The maximum absolute atomic E-state index is 11.9. The smallest absolute Gasteiger partial charge is 0.251 e. The summed E-state index contributed by atoms with van der Waals surface area (Å²) in [7, 11) is -2.48. The number of halogens is 3. The summed E-state index contributed by atoms with van der Waals surface area (Å²) >= 11 is 3.11. The summed E-state index contributed by atoms with van der Waals surface area (Å²) in [5.74, 6) is 0.456. The number of benzene rings is 1. The molecule has 0 amide bonds. The quantitative estimate of drug-likeness (QED) is 0.898. The summed E-state index contributed by atoms with van der Waals surface area (Å²) in [4.78, 5) is -0.106. The van der Waals surface area contributed by atoms with Crippen molar-refractivity contribution in [3.8, 4) is 5.75 Å². The molecule has 0 saturated carbocycles. The van der Waals surface area contributed by atoms with Crippen molar-refractivity contribution in [2.75, 3.05) is 13.7 Å². The minimum Gasteiger partial charge on any atom is -0.496 e. The molecule has 0 radical (unpaired) electrons. The molecular weight excluding hydrogens is 320 g/mol. The molecule has 0 saturated heterocycles. The van der Waals surface area contributed by atoms with Crippen molar-refractivity contribution in [3.05, 3.63) is 22.7 Å². The molecule has 1 aromatic carbocycles. The van der Waals surface area contributed by atoms with E-state index >= 15 is 0 Å². The molecule has 0 bridgehead atoms. The third-order valence-corrected chi connectivity index (χ3v) is 3.90. The van der Waals surface area contributed by atoms with Gasteiger partial charge in [-0.3, -0.25) is 0 Å². The highest BCUT2D eigenvalue weighted by molar-refractivity contribution is 9.10. The van der Waals surface area contributed by atoms with Crippen LogP contribution in [0.3, 0.4) is 0 Å². The fourth-order valence-corrected chi connectivity index (χ4v) is 2.79. The maximum Gasteiger partial charge on any atom is 0.251 e. The van der Waals surface area contributed by atoms with Gasteiger partial charge in [-0.15, -0.1) is 0 Å². The minimum atomic E-state index is -3.92. The van der Waals surface area contributed by atoms with E-state index in [9.17, 15) is 17.2 Å². The summed E-state index contributed by atoms with van der Waals surface area (Å²) in [6.07, 6.45) is -2.73. The lowest BCUT2D eigenvalue weighted by atomic mass is 10.3. The number of hydrogen-bond donors (Lipinski definition) is 1. The number of rotatable bonds is 5. The first kappa shape index (κ1) is 14.3. The van der Waals surface area contributed by atoms with Gasteiger partial charge >= 0.3 is 0 Å². The number of nitrogens with one attached hydrogen (secondary N) is 1. The summed E-state index contributed by atoms with van der Waals surface area (Å²) in [6.45, 7) is -0.911. The monoisotopic (exact) mass is 329 g/mol. The van der Waals surface area contributed by atoms with Gasteiger partial charge in [-0.05, 0) is 34.1 Å². The molecule has 4 nitrogen and oxygen atoms in total. The third kappa shape index (κ3) is 3.90. The van der Waals surface area contributed by atoms with E-state index in [1.54, 1.807) is 4.72 Å². The number of sulfonamides is 1. The number of alkyl halides is 2. The van der Waals surface area contributed by atoms with Crippen LogP contribution < -0.4 is 9.46 Å². The van der Waals surface area contributed by atoms with E-state index in [0.717, 1.165) is 0 Å². The van der Waals surface area contributed by atoms with Crippen LogP contribution in [-0.4, -0.2) is 28.5 Å². The van der Waals surface area contributed by atoms with E-state index in [-0.39, 0.29) is 4.90 Å². The van der Waals surface area contributed by atoms with E-state index in [2.05, 4.69) is 15.9 Å². The van der Waals surface area contributed by atoms with Gasteiger partial charge in [0, 0.05) is 0 Å². The molecule has 96 valence electrons. The molecule has 1 N–H and O–H groups in total. The molecule has 0 aliphatic heterocycles. The van der Waals surface area contributed by atoms with Crippen molar-refractivity contribution < 1.29 is 21.9 Å². The largest absolute Gasteiger partial charge is 0.496 e. The summed E-state index contributed by atoms with van der Waals surface area (Å²) < 4.78 is 54.2. The van der Waals surface area contributed by atoms with Crippen LogP contribution >= 0.6 is 15.9 Å². The lowest BCUT2D eigenvalue weighted by molar-refractivity contribution is 0.153. The van der Waals surface area contributed by atoms with Crippen molar-refractivity contribution in [1.29, 1.82) is 0 Å². The van der Waals surface area contributed by atoms with E-state index in [0.29, 0.717) is 10.2 Å². The van der Waals surface area contributed by atoms with Gasteiger partial charge in [0.1, 0.15) is 5.75 Å². The van der Waals surface area contributed by atoms with Gasteiger partial charge in [-0.2, -0.15) is 0 Å². The van der Waals surface area contributed by atoms with Crippen LogP contribution in [0, 0.1) is 0 Å². The summed E-state index contributed by atoms with van der Waals surface area (Å²) in [6, 6.07) is 3.99. The van der Waals surface area contributed by atoms with Crippen molar-refractivity contribution >= 4 is 26.0 Å². The SMILES string of the molecule is COc1ccc(S(=O)(=O)NCC(F)F)cc1Br.